The molecule has 210 valence electrons. The maximum Gasteiger partial charge on any atom is 0.333 e. The number of amides is 1. The van der Waals surface area contributed by atoms with Crippen LogP contribution in [0.4, 0.5) is 0 Å². The summed E-state index contributed by atoms with van der Waals surface area (Å²) in [6, 6.07) is 17.4. The molecule has 1 aliphatic carbocycles. The number of halogens is 1. The fourth-order valence-electron chi connectivity index (χ4n) is 5.42. The monoisotopic (exact) mass is 561 g/mol. The summed E-state index contributed by atoms with van der Waals surface area (Å²) in [7, 11) is 4.03. The molecule has 2 heterocycles. The highest BCUT2D eigenvalue weighted by Crippen LogP contribution is 2.28. The van der Waals surface area contributed by atoms with Gasteiger partial charge in [-0.2, -0.15) is 0 Å². The van der Waals surface area contributed by atoms with Gasteiger partial charge in [-0.3, -0.25) is 18.9 Å². The van der Waals surface area contributed by atoms with E-state index in [-0.39, 0.29) is 17.6 Å². The Bertz CT molecular complexity index is 1540. The SMILES string of the molecule is Cc1ncc(Cl)cc1C(=O)NC1CCC(Cn2c(=O)n(-c3ccc(OCCN(C)C)cc3)c3ccccc32)CC1. The standard InChI is InChI=1S/C31H36ClN5O3/c1-21-27(18-23(32)19-33-21)30(38)34-24-10-8-22(9-11-24)20-36-28-6-4-5-7-29(28)37(31(36)39)25-12-14-26(15-13-25)40-17-16-35(2)3/h4-7,12-15,18-19,22,24H,8-11,16-17,20H2,1-3H3,(H,34,38). The van der Waals surface area contributed by atoms with Gasteiger partial charge in [0.05, 0.1) is 33.0 Å². The smallest absolute Gasteiger partial charge is 0.333 e. The lowest BCUT2D eigenvalue weighted by atomic mass is 9.85. The number of nitrogens with zero attached hydrogens (tertiary/aromatic N) is 4. The molecule has 0 saturated heterocycles. The fourth-order valence-corrected chi connectivity index (χ4v) is 5.58. The van der Waals surface area contributed by atoms with Crippen molar-refractivity contribution in [3.05, 3.63) is 87.6 Å². The van der Waals surface area contributed by atoms with Gasteiger partial charge in [0.25, 0.3) is 5.91 Å². The van der Waals surface area contributed by atoms with Crippen molar-refractivity contribution in [2.75, 3.05) is 27.2 Å². The molecule has 2 aromatic heterocycles. The lowest BCUT2D eigenvalue weighted by molar-refractivity contribution is 0.0919. The van der Waals surface area contributed by atoms with Crippen LogP contribution in [0.15, 0.2) is 65.6 Å². The van der Waals surface area contributed by atoms with E-state index >= 15 is 0 Å². The third-order valence-electron chi connectivity index (χ3n) is 7.66. The van der Waals surface area contributed by atoms with Gasteiger partial charge in [-0.05, 0) is 95.1 Å². The molecule has 0 aliphatic heterocycles. The molecule has 1 fully saturated rings. The average Bonchev–Trinajstić information content (AvgIpc) is 3.22. The number of rotatable bonds is 9. The summed E-state index contributed by atoms with van der Waals surface area (Å²) in [6.07, 6.45) is 5.15. The zero-order valence-electron chi connectivity index (χ0n) is 23.3. The molecular weight excluding hydrogens is 526 g/mol. The molecule has 40 heavy (non-hydrogen) atoms. The summed E-state index contributed by atoms with van der Waals surface area (Å²) in [5.74, 6) is 1.00. The molecule has 0 atom stereocenters. The van der Waals surface area contributed by atoms with Crippen molar-refractivity contribution in [2.45, 2.75) is 45.2 Å². The Labute approximate surface area is 239 Å². The number of para-hydroxylation sites is 2. The number of pyridine rings is 1. The van der Waals surface area contributed by atoms with E-state index in [4.69, 9.17) is 16.3 Å². The first kappa shape index (κ1) is 27.9. The van der Waals surface area contributed by atoms with E-state index in [1.807, 2.05) is 74.1 Å². The van der Waals surface area contributed by atoms with Gasteiger partial charge < -0.3 is 15.0 Å². The molecule has 1 amide bonds. The molecule has 0 unspecified atom stereocenters. The molecule has 5 rings (SSSR count). The van der Waals surface area contributed by atoms with E-state index in [9.17, 15) is 9.59 Å². The highest BCUT2D eigenvalue weighted by atomic mass is 35.5. The Morgan fingerprint density at radius 3 is 2.48 bits per heavy atom. The maximum atomic E-state index is 13.7. The zero-order valence-corrected chi connectivity index (χ0v) is 24.0. The van der Waals surface area contributed by atoms with Crippen molar-refractivity contribution >= 4 is 28.5 Å². The minimum Gasteiger partial charge on any atom is -0.492 e. The van der Waals surface area contributed by atoms with Crippen LogP contribution in [0.25, 0.3) is 16.7 Å². The average molecular weight is 562 g/mol. The van der Waals surface area contributed by atoms with Crippen LogP contribution in [0.5, 0.6) is 5.75 Å². The van der Waals surface area contributed by atoms with E-state index in [1.165, 1.54) is 0 Å². The van der Waals surface area contributed by atoms with Gasteiger partial charge >= 0.3 is 5.69 Å². The van der Waals surface area contributed by atoms with Crippen LogP contribution in [0.1, 0.15) is 41.7 Å². The predicted molar refractivity (Wildman–Crippen MR) is 159 cm³/mol. The van der Waals surface area contributed by atoms with Crippen LogP contribution in [-0.2, 0) is 6.54 Å². The second-order valence-corrected chi connectivity index (χ2v) is 11.3. The van der Waals surface area contributed by atoms with E-state index in [0.29, 0.717) is 35.3 Å². The number of carbonyl (C=O) groups is 1. The number of ether oxygens (including phenoxy) is 1. The molecule has 8 nitrogen and oxygen atoms in total. The number of hydrogen-bond acceptors (Lipinski definition) is 5. The lowest BCUT2D eigenvalue weighted by Crippen LogP contribution is -2.39. The predicted octanol–water partition coefficient (Wildman–Crippen LogP) is 5.08. The van der Waals surface area contributed by atoms with Gasteiger partial charge in [-0.1, -0.05) is 23.7 Å². The first-order valence-electron chi connectivity index (χ1n) is 13.8. The third kappa shape index (κ3) is 6.24. The number of nitrogens with one attached hydrogen (secondary N) is 1. The Hall–Kier alpha value is -3.62. The minimum atomic E-state index is -0.135. The first-order valence-corrected chi connectivity index (χ1v) is 14.2. The minimum absolute atomic E-state index is 0.0400. The van der Waals surface area contributed by atoms with Gasteiger partial charge in [-0.15, -0.1) is 0 Å². The van der Waals surface area contributed by atoms with E-state index in [1.54, 1.807) is 16.8 Å². The van der Waals surface area contributed by atoms with Crippen molar-refractivity contribution in [3.8, 4) is 11.4 Å². The van der Waals surface area contributed by atoms with Crippen LogP contribution in [0, 0.1) is 12.8 Å². The number of aromatic nitrogens is 3. The number of carbonyl (C=O) groups excluding carboxylic acids is 1. The number of likely N-dealkylation sites (N-methyl/N-ethyl adjacent to an activating group) is 1. The van der Waals surface area contributed by atoms with E-state index in [0.717, 1.165) is 54.7 Å². The molecule has 1 aliphatic rings. The highest BCUT2D eigenvalue weighted by Gasteiger charge is 2.25. The molecule has 0 bridgehead atoms. The molecule has 9 heteroatoms. The Balaban J connectivity index is 1.27. The number of imidazole rings is 1. The van der Waals surface area contributed by atoms with Gasteiger partial charge in [0.15, 0.2) is 0 Å². The van der Waals surface area contributed by atoms with Crippen LogP contribution < -0.4 is 15.7 Å². The van der Waals surface area contributed by atoms with Gasteiger partial charge in [0.2, 0.25) is 0 Å². The summed E-state index contributed by atoms with van der Waals surface area (Å²) < 4.78 is 9.52. The third-order valence-corrected chi connectivity index (χ3v) is 7.87. The van der Waals surface area contributed by atoms with Gasteiger partial charge in [0.1, 0.15) is 12.4 Å². The van der Waals surface area contributed by atoms with Crippen LogP contribution in [-0.4, -0.2) is 58.2 Å². The van der Waals surface area contributed by atoms with Crippen molar-refractivity contribution in [1.29, 1.82) is 0 Å². The number of hydrogen-bond donors (Lipinski definition) is 1. The summed E-state index contributed by atoms with van der Waals surface area (Å²) >= 11 is 6.05. The van der Waals surface area contributed by atoms with Crippen LogP contribution in [0.2, 0.25) is 5.02 Å². The normalized spacial score (nSPS) is 17.3. The first-order chi connectivity index (χ1) is 19.3. The van der Waals surface area contributed by atoms with Crippen molar-refractivity contribution in [3.63, 3.8) is 0 Å². The Morgan fingerprint density at radius 2 is 1.77 bits per heavy atom. The molecular formula is C31H36ClN5O3. The van der Waals surface area contributed by atoms with Crippen molar-refractivity contribution in [2.24, 2.45) is 5.92 Å². The van der Waals surface area contributed by atoms with Crippen LogP contribution in [0.3, 0.4) is 0 Å². The summed E-state index contributed by atoms with van der Waals surface area (Å²) in [6.45, 7) is 3.90. The van der Waals surface area contributed by atoms with E-state index in [2.05, 4.69) is 15.2 Å². The lowest BCUT2D eigenvalue weighted by Gasteiger charge is -2.29. The molecule has 1 saturated carbocycles. The largest absolute Gasteiger partial charge is 0.492 e. The molecule has 0 radical (unpaired) electrons. The number of benzene rings is 2. The molecule has 4 aromatic rings. The van der Waals surface area contributed by atoms with Crippen LogP contribution >= 0.6 is 11.6 Å². The highest BCUT2D eigenvalue weighted by molar-refractivity contribution is 6.30. The Kier molecular flexibility index (Phi) is 8.57. The maximum absolute atomic E-state index is 13.7. The zero-order chi connectivity index (χ0) is 28.2. The second kappa shape index (κ2) is 12.3. The topological polar surface area (TPSA) is 81.4 Å². The molecule has 0 spiro atoms. The Morgan fingerprint density at radius 1 is 1.07 bits per heavy atom. The van der Waals surface area contributed by atoms with Gasteiger partial charge in [-0.25, -0.2) is 4.79 Å². The number of fused-ring (bicyclic) bond motifs is 1. The fraction of sp³-hybridized carbons (Fsp3) is 0.387. The quantitative estimate of drug-likeness (QED) is 0.308. The number of aryl methyl sites for hydroxylation is 1. The summed E-state index contributed by atoms with van der Waals surface area (Å²) in [5, 5.41) is 3.61. The van der Waals surface area contributed by atoms with Gasteiger partial charge in [0, 0.05) is 25.3 Å². The van der Waals surface area contributed by atoms with Crippen molar-refractivity contribution < 1.29 is 9.53 Å². The molecule has 1 N–H and O–H groups in total. The molecule has 2 aromatic carbocycles. The summed E-state index contributed by atoms with van der Waals surface area (Å²) in [4.78, 5) is 32.8. The second-order valence-electron chi connectivity index (χ2n) is 10.8. The van der Waals surface area contributed by atoms with E-state index < -0.39 is 0 Å². The van der Waals surface area contributed by atoms with Crippen molar-refractivity contribution in [1.82, 2.24) is 24.3 Å². The summed E-state index contributed by atoms with van der Waals surface area (Å²) in [5.41, 5.74) is 3.78.